The lowest BCUT2D eigenvalue weighted by molar-refractivity contribution is 0.000694. The first-order valence-corrected chi connectivity index (χ1v) is 7.56. The van der Waals surface area contributed by atoms with E-state index in [1.165, 1.54) is 0 Å². The van der Waals surface area contributed by atoms with Gasteiger partial charge in [0.1, 0.15) is 6.07 Å². The first-order chi connectivity index (χ1) is 9.04. The van der Waals surface area contributed by atoms with Gasteiger partial charge < -0.3 is 10.1 Å². The summed E-state index contributed by atoms with van der Waals surface area (Å²) in [7, 11) is 0. The first kappa shape index (κ1) is 15.9. The van der Waals surface area contributed by atoms with Gasteiger partial charge in [0.25, 0.3) is 0 Å². The van der Waals surface area contributed by atoms with E-state index >= 15 is 0 Å². The summed E-state index contributed by atoms with van der Waals surface area (Å²) in [5, 5.41) is 12.7. The van der Waals surface area contributed by atoms with E-state index in [-0.39, 0.29) is 5.60 Å². The van der Waals surface area contributed by atoms with Crippen molar-refractivity contribution < 1.29 is 4.74 Å². The Hall–Kier alpha value is -1.18. The Labute approximate surface area is 120 Å². The predicted molar refractivity (Wildman–Crippen MR) is 81.7 cm³/mol. The molecule has 0 unspecified atom stereocenters. The highest BCUT2D eigenvalue weighted by Crippen LogP contribution is 2.28. The SMILES string of the molecule is CCOC(C)(C)CNc1cccc(SCC)c1C#N. The van der Waals surface area contributed by atoms with Gasteiger partial charge in [-0.05, 0) is 38.7 Å². The van der Waals surface area contributed by atoms with Crippen LogP contribution in [0.25, 0.3) is 0 Å². The van der Waals surface area contributed by atoms with Gasteiger partial charge in [0.2, 0.25) is 0 Å². The van der Waals surface area contributed by atoms with E-state index in [0.717, 1.165) is 21.9 Å². The quantitative estimate of drug-likeness (QED) is 0.768. The Bertz CT molecular complexity index is 452. The number of benzene rings is 1. The summed E-state index contributed by atoms with van der Waals surface area (Å²) in [5.41, 5.74) is 1.37. The lowest BCUT2D eigenvalue weighted by Gasteiger charge is -2.26. The highest BCUT2D eigenvalue weighted by Gasteiger charge is 2.18. The number of nitrogens with zero attached hydrogens (tertiary/aromatic N) is 1. The molecule has 19 heavy (non-hydrogen) atoms. The molecule has 4 heteroatoms. The fraction of sp³-hybridized carbons (Fsp3) is 0.533. The molecule has 1 aromatic rings. The molecule has 1 rings (SSSR count). The standard InChI is InChI=1S/C15H22N2OS/c1-5-18-15(3,4)11-17-13-8-7-9-14(19-6-2)12(13)10-16/h7-9,17H,5-6,11H2,1-4H3. The second kappa shape index (κ2) is 7.42. The van der Waals surface area contributed by atoms with Crippen LogP contribution in [0.4, 0.5) is 5.69 Å². The number of thioether (sulfide) groups is 1. The van der Waals surface area contributed by atoms with Crippen molar-refractivity contribution in [1.82, 2.24) is 0 Å². The monoisotopic (exact) mass is 278 g/mol. The zero-order chi connectivity index (χ0) is 14.3. The van der Waals surface area contributed by atoms with Crippen molar-refractivity contribution in [3.8, 4) is 6.07 Å². The average molecular weight is 278 g/mol. The van der Waals surface area contributed by atoms with Crippen molar-refractivity contribution >= 4 is 17.4 Å². The zero-order valence-electron chi connectivity index (χ0n) is 12.1. The maximum atomic E-state index is 9.32. The van der Waals surface area contributed by atoms with Gasteiger partial charge in [0.05, 0.1) is 16.9 Å². The minimum absolute atomic E-state index is 0.241. The molecule has 0 aliphatic rings. The van der Waals surface area contributed by atoms with E-state index in [1.54, 1.807) is 11.8 Å². The summed E-state index contributed by atoms with van der Waals surface area (Å²) in [5.74, 6) is 0.961. The van der Waals surface area contributed by atoms with Gasteiger partial charge in [-0.3, -0.25) is 0 Å². The molecule has 0 amide bonds. The Morgan fingerprint density at radius 2 is 2.11 bits per heavy atom. The summed E-state index contributed by atoms with van der Waals surface area (Å²) in [6.07, 6.45) is 0. The highest BCUT2D eigenvalue weighted by molar-refractivity contribution is 7.99. The zero-order valence-corrected chi connectivity index (χ0v) is 12.9. The van der Waals surface area contributed by atoms with E-state index in [0.29, 0.717) is 13.2 Å². The molecule has 0 fully saturated rings. The Morgan fingerprint density at radius 1 is 1.37 bits per heavy atom. The van der Waals surface area contributed by atoms with Crippen molar-refractivity contribution in [2.45, 2.75) is 38.2 Å². The third kappa shape index (κ3) is 4.77. The molecule has 0 radical (unpaired) electrons. The van der Waals surface area contributed by atoms with Crippen LogP contribution in [0.3, 0.4) is 0 Å². The van der Waals surface area contributed by atoms with E-state index in [2.05, 4.69) is 18.3 Å². The summed E-state index contributed by atoms with van der Waals surface area (Å²) in [6.45, 7) is 9.52. The number of anilines is 1. The van der Waals surface area contributed by atoms with Gasteiger partial charge in [-0.25, -0.2) is 0 Å². The van der Waals surface area contributed by atoms with Gasteiger partial charge in [-0.2, -0.15) is 5.26 Å². The molecule has 0 aliphatic heterocycles. The number of nitrogens with one attached hydrogen (secondary N) is 1. The second-order valence-corrected chi connectivity index (χ2v) is 6.08. The van der Waals surface area contributed by atoms with E-state index in [9.17, 15) is 5.26 Å². The van der Waals surface area contributed by atoms with Gasteiger partial charge >= 0.3 is 0 Å². The molecule has 0 atom stereocenters. The van der Waals surface area contributed by atoms with Crippen molar-refractivity contribution in [3.63, 3.8) is 0 Å². The number of ether oxygens (including phenoxy) is 1. The van der Waals surface area contributed by atoms with Gasteiger partial charge in [-0.1, -0.05) is 13.0 Å². The molecule has 0 heterocycles. The minimum Gasteiger partial charge on any atom is -0.381 e. The molecule has 0 bridgehead atoms. The second-order valence-electron chi connectivity index (χ2n) is 4.77. The van der Waals surface area contributed by atoms with Gasteiger partial charge in [0.15, 0.2) is 0 Å². The van der Waals surface area contributed by atoms with Crippen LogP contribution in [0.5, 0.6) is 0 Å². The van der Waals surface area contributed by atoms with Crippen LogP contribution >= 0.6 is 11.8 Å². The number of hydrogen-bond acceptors (Lipinski definition) is 4. The van der Waals surface area contributed by atoms with Crippen molar-refractivity contribution in [2.24, 2.45) is 0 Å². The van der Waals surface area contributed by atoms with Crippen LogP contribution in [0.2, 0.25) is 0 Å². The van der Waals surface area contributed by atoms with Crippen LogP contribution in [-0.4, -0.2) is 24.5 Å². The topological polar surface area (TPSA) is 45.0 Å². The fourth-order valence-electron chi connectivity index (χ4n) is 1.82. The maximum Gasteiger partial charge on any atom is 0.102 e. The molecule has 0 aromatic heterocycles. The number of hydrogen-bond donors (Lipinski definition) is 1. The van der Waals surface area contributed by atoms with E-state index < -0.39 is 0 Å². The number of nitriles is 1. The molecule has 3 nitrogen and oxygen atoms in total. The Balaban J connectivity index is 2.84. The normalized spacial score (nSPS) is 11.1. The molecule has 0 aliphatic carbocycles. The highest BCUT2D eigenvalue weighted by atomic mass is 32.2. The number of rotatable bonds is 7. The molecular weight excluding hydrogens is 256 g/mol. The van der Waals surface area contributed by atoms with E-state index in [1.807, 2.05) is 39.0 Å². The van der Waals surface area contributed by atoms with Gasteiger partial charge in [0, 0.05) is 18.0 Å². The van der Waals surface area contributed by atoms with Crippen LogP contribution in [0.1, 0.15) is 33.3 Å². The molecule has 104 valence electrons. The molecule has 1 aromatic carbocycles. The first-order valence-electron chi connectivity index (χ1n) is 6.57. The maximum absolute atomic E-state index is 9.32. The van der Waals surface area contributed by atoms with Crippen molar-refractivity contribution in [2.75, 3.05) is 24.2 Å². The Morgan fingerprint density at radius 3 is 2.68 bits per heavy atom. The van der Waals surface area contributed by atoms with Crippen LogP contribution in [0.15, 0.2) is 23.1 Å². The molecular formula is C15H22N2OS. The molecule has 0 saturated carbocycles. The largest absolute Gasteiger partial charge is 0.381 e. The third-order valence-electron chi connectivity index (χ3n) is 2.68. The van der Waals surface area contributed by atoms with Crippen LogP contribution in [-0.2, 0) is 4.74 Å². The van der Waals surface area contributed by atoms with Crippen LogP contribution in [0, 0.1) is 11.3 Å². The molecule has 1 N–H and O–H groups in total. The fourth-order valence-corrected chi connectivity index (χ4v) is 2.61. The lowest BCUT2D eigenvalue weighted by Crippen LogP contribution is -2.33. The Kier molecular flexibility index (Phi) is 6.20. The van der Waals surface area contributed by atoms with Crippen molar-refractivity contribution in [1.29, 1.82) is 5.26 Å². The molecule has 0 saturated heterocycles. The summed E-state index contributed by atoms with van der Waals surface area (Å²) in [6, 6.07) is 8.21. The summed E-state index contributed by atoms with van der Waals surface area (Å²) in [4.78, 5) is 1.03. The average Bonchev–Trinajstić information content (AvgIpc) is 2.37. The smallest absolute Gasteiger partial charge is 0.102 e. The van der Waals surface area contributed by atoms with Crippen LogP contribution < -0.4 is 5.32 Å². The lowest BCUT2D eigenvalue weighted by atomic mass is 10.1. The van der Waals surface area contributed by atoms with E-state index in [4.69, 9.17) is 4.74 Å². The van der Waals surface area contributed by atoms with Crippen molar-refractivity contribution in [3.05, 3.63) is 23.8 Å². The predicted octanol–water partition coefficient (Wildman–Crippen LogP) is 3.90. The third-order valence-corrected chi connectivity index (χ3v) is 3.62. The minimum atomic E-state index is -0.241. The molecule has 0 spiro atoms. The van der Waals surface area contributed by atoms with Gasteiger partial charge in [-0.15, -0.1) is 11.8 Å². The summed E-state index contributed by atoms with van der Waals surface area (Å²) >= 11 is 1.69. The summed E-state index contributed by atoms with van der Waals surface area (Å²) < 4.78 is 5.65.